The second kappa shape index (κ2) is 3.87. The maximum Gasteiger partial charge on any atom is 0.0949 e. The Kier molecular flexibility index (Phi) is 3.80. The molecule has 0 amide bonds. The Morgan fingerprint density at radius 1 is 1.60 bits per heavy atom. The van der Waals surface area contributed by atoms with Crippen molar-refractivity contribution in [3.8, 4) is 0 Å². The molecule has 0 aliphatic rings. The van der Waals surface area contributed by atoms with Crippen LogP contribution in [0.5, 0.6) is 0 Å². The molecular formula is C8H16ClN. The Morgan fingerprint density at radius 3 is 2.40 bits per heavy atom. The first kappa shape index (κ1) is 9.83. The minimum Gasteiger partial charge on any atom is -0.371 e. The average molecular weight is 162 g/mol. The molecule has 0 aromatic carbocycles. The molecule has 0 aromatic heterocycles. The molecule has 2 heteroatoms. The van der Waals surface area contributed by atoms with E-state index in [4.69, 9.17) is 11.6 Å². The lowest BCUT2D eigenvalue weighted by molar-refractivity contribution is 0.401. The lowest BCUT2D eigenvalue weighted by atomic mass is 9.99. The van der Waals surface area contributed by atoms with Gasteiger partial charge in [-0.2, -0.15) is 0 Å². The van der Waals surface area contributed by atoms with E-state index in [-0.39, 0.29) is 5.54 Å². The summed E-state index contributed by atoms with van der Waals surface area (Å²) in [4.78, 5) is 0. The highest BCUT2D eigenvalue weighted by atomic mass is 35.5. The highest BCUT2D eigenvalue weighted by Crippen LogP contribution is 2.13. The molecule has 0 atom stereocenters. The molecule has 0 rings (SSSR count). The second-order valence-electron chi connectivity index (χ2n) is 3.16. The van der Waals surface area contributed by atoms with Gasteiger partial charge in [-0.25, -0.2) is 0 Å². The Hall–Kier alpha value is -0.170. The standard InChI is InChI=1S/C8H16ClN/c1-5-6-8(3,4)10-7(2)9/h10H,2,5-6H2,1,3-4H3. The summed E-state index contributed by atoms with van der Waals surface area (Å²) < 4.78 is 0. The van der Waals surface area contributed by atoms with Crippen LogP contribution >= 0.6 is 11.6 Å². The molecule has 0 heterocycles. The van der Waals surface area contributed by atoms with Crippen molar-refractivity contribution in [2.75, 3.05) is 0 Å². The lowest BCUT2D eigenvalue weighted by Gasteiger charge is -2.25. The second-order valence-corrected chi connectivity index (χ2v) is 3.62. The number of halogens is 1. The van der Waals surface area contributed by atoms with Crippen molar-refractivity contribution >= 4 is 11.6 Å². The zero-order valence-corrected chi connectivity index (χ0v) is 7.76. The first-order chi connectivity index (χ1) is 4.48. The van der Waals surface area contributed by atoms with Crippen LogP contribution in [0.25, 0.3) is 0 Å². The van der Waals surface area contributed by atoms with Gasteiger partial charge in [-0.05, 0) is 20.3 Å². The molecule has 0 fully saturated rings. The van der Waals surface area contributed by atoms with Crippen molar-refractivity contribution in [1.29, 1.82) is 0 Å². The van der Waals surface area contributed by atoms with Crippen molar-refractivity contribution in [3.63, 3.8) is 0 Å². The Balaban J connectivity index is 3.74. The third-order valence-electron chi connectivity index (χ3n) is 1.35. The molecule has 0 saturated carbocycles. The topological polar surface area (TPSA) is 12.0 Å². The predicted octanol–water partition coefficient (Wildman–Crippen LogP) is 2.86. The number of hydrogen-bond acceptors (Lipinski definition) is 1. The summed E-state index contributed by atoms with van der Waals surface area (Å²) in [6.45, 7) is 9.96. The molecule has 0 spiro atoms. The quantitative estimate of drug-likeness (QED) is 0.626. The van der Waals surface area contributed by atoms with Crippen molar-refractivity contribution in [3.05, 3.63) is 11.7 Å². The van der Waals surface area contributed by atoms with Crippen LogP contribution in [0.4, 0.5) is 0 Å². The van der Waals surface area contributed by atoms with E-state index < -0.39 is 0 Å². The molecule has 1 N–H and O–H groups in total. The van der Waals surface area contributed by atoms with Crippen LogP contribution in [0, 0.1) is 0 Å². The van der Waals surface area contributed by atoms with Crippen LogP contribution in [-0.4, -0.2) is 5.54 Å². The summed E-state index contributed by atoms with van der Waals surface area (Å²) in [6, 6.07) is 0. The first-order valence-corrected chi connectivity index (χ1v) is 3.98. The van der Waals surface area contributed by atoms with Crippen molar-refractivity contribution in [2.45, 2.75) is 39.2 Å². The van der Waals surface area contributed by atoms with Gasteiger partial charge in [0.25, 0.3) is 0 Å². The number of hydrogen-bond donors (Lipinski definition) is 1. The number of nitrogens with one attached hydrogen (secondary N) is 1. The minimum absolute atomic E-state index is 0.0909. The molecule has 0 aliphatic carbocycles. The maximum absolute atomic E-state index is 5.59. The van der Waals surface area contributed by atoms with Crippen molar-refractivity contribution in [2.24, 2.45) is 0 Å². The molecule has 0 unspecified atom stereocenters. The van der Waals surface area contributed by atoms with Gasteiger partial charge in [0.1, 0.15) is 0 Å². The fourth-order valence-corrected chi connectivity index (χ4v) is 1.31. The van der Waals surface area contributed by atoms with Gasteiger partial charge < -0.3 is 5.32 Å². The van der Waals surface area contributed by atoms with E-state index in [1.165, 1.54) is 0 Å². The molecule has 0 aromatic rings. The molecular weight excluding hydrogens is 146 g/mol. The monoisotopic (exact) mass is 161 g/mol. The van der Waals surface area contributed by atoms with Crippen LogP contribution in [0.3, 0.4) is 0 Å². The zero-order valence-electron chi connectivity index (χ0n) is 7.00. The Bertz CT molecular complexity index is 118. The lowest BCUT2D eigenvalue weighted by Crippen LogP contribution is -2.36. The normalized spacial score (nSPS) is 11.2. The van der Waals surface area contributed by atoms with Gasteiger partial charge in [-0.15, -0.1) is 0 Å². The largest absolute Gasteiger partial charge is 0.371 e. The molecule has 0 saturated heterocycles. The van der Waals surface area contributed by atoms with Gasteiger partial charge in [0.15, 0.2) is 0 Å². The van der Waals surface area contributed by atoms with Gasteiger partial charge in [0.05, 0.1) is 5.16 Å². The van der Waals surface area contributed by atoms with E-state index in [2.05, 4.69) is 32.7 Å². The summed E-state index contributed by atoms with van der Waals surface area (Å²) in [5.74, 6) is 0. The van der Waals surface area contributed by atoms with Crippen LogP contribution in [0.1, 0.15) is 33.6 Å². The Morgan fingerprint density at radius 2 is 2.10 bits per heavy atom. The molecule has 0 radical (unpaired) electrons. The zero-order chi connectivity index (χ0) is 8.20. The molecule has 60 valence electrons. The Labute approximate surface area is 68.5 Å². The van der Waals surface area contributed by atoms with Crippen LogP contribution in [-0.2, 0) is 0 Å². The highest BCUT2D eigenvalue weighted by molar-refractivity contribution is 6.28. The van der Waals surface area contributed by atoms with E-state index >= 15 is 0 Å². The van der Waals surface area contributed by atoms with Crippen LogP contribution in [0.15, 0.2) is 11.7 Å². The highest BCUT2D eigenvalue weighted by Gasteiger charge is 2.14. The van der Waals surface area contributed by atoms with E-state index in [0.29, 0.717) is 5.16 Å². The van der Waals surface area contributed by atoms with Crippen molar-refractivity contribution in [1.82, 2.24) is 5.32 Å². The fraction of sp³-hybridized carbons (Fsp3) is 0.750. The van der Waals surface area contributed by atoms with Gasteiger partial charge >= 0.3 is 0 Å². The predicted molar refractivity (Wildman–Crippen MR) is 47.1 cm³/mol. The first-order valence-electron chi connectivity index (χ1n) is 3.60. The molecule has 0 aliphatic heterocycles. The molecule has 10 heavy (non-hydrogen) atoms. The van der Waals surface area contributed by atoms with Gasteiger partial charge in [0.2, 0.25) is 0 Å². The van der Waals surface area contributed by atoms with E-state index in [0.717, 1.165) is 12.8 Å². The summed E-state index contributed by atoms with van der Waals surface area (Å²) >= 11 is 5.59. The summed E-state index contributed by atoms with van der Waals surface area (Å²) in [5.41, 5.74) is 0.0909. The number of rotatable bonds is 4. The summed E-state index contributed by atoms with van der Waals surface area (Å²) in [6.07, 6.45) is 2.27. The van der Waals surface area contributed by atoms with E-state index in [1.807, 2.05) is 0 Å². The summed E-state index contributed by atoms with van der Waals surface area (Å²) in [5, 5.41) is 3.62. The van der Waals surface area contributed by atoms with Gasteiger partial charge in [-0.1, -0.05) is 31.5 Å². The van der Waals surface area contributed by atoms with E-state index in [9.17, 15) is 0 Å². The van der Waals surface area contributed by atoms with Crippen LogP contribution < -0.4 is 5.32 Å². The van der Waals surface area contributed by atoms with Crippen LogP contribution in [0.2, 0.25) is 0 Å². The molecule has 0 bridgehead atoms. The van der Waals surface area contributed by atoms with Gasteiger partial charge in [0, 0.05) is 5.54 Å². The van der Waals surface area contributed by atoms with E-state index in [1.54, 1.807) is 0 Å². The minimum atomic E-state index is 0.0909. The van der Waals surface area contributed by atoms with Crippen molar-refractivity contribution < 1.29 is 0 Å². The fourth-order valence-electron chi connectivity index (χ4n) is 1.05. The average Bonchev–Trinajstić information content (AvgIpc) is 1.59. The third kappa shape index (κ3) is 4.68. The summed E-state index contributed by atoms with van der Waals surface area (Å²) in [7, 11) is 0. The smallest absolute Gasteiger partial charge is 0.0949 e. The molecule has 1 nitrogen and oxygen atoms in total. The SMILES string of the molecule is C=C(Cl)NC(C)(C)CCC. The third-order valence-corrected chi connectivity index (χ3v) is 1.44. The maximum atomic E-state index is 5.59. The van der Waals surface area contributed by atoms with Gasteiger partial charge in [-0.3, -0.25) is 0 Å².